The van der Waals surface area contributed by atoms with E-state index in [0.717, 1.165) is 17.0 Å². The van der Waals surface area contributed by atoms with Gasteiger partial charge >= 0.3 is 0 Å². The molecule has 1 aromatic heterocycles. The number of aromatic nitrogens is 1. The van der Waals surface area contributed by atoms with Gasteiger partial charge in [0.1, 0.15) is 5.69 Å². The smallest absolute Gasteiger partial charge is 0.181 e. The Balaban J connectivity index is 2.35. The summed E-state index contributed by atoms with van der Waals surface area (Å²) in [6.07, 6.45) is 1.44. The first-order valence-electron chi connectivity index (χ1n) is 5.45. The van der Waals surface area contributed by atoms with Crippen molar-refractivity contribution in [3.8, 4) is 11.3 Å². The van der Waals surface area contributed by atoms with Crippen molar-refractivity contribution < 1.29 is 4.42 Å². The fraction of sp³-hybridized carbons (Fsp3) is 0.308. The lowest BCUT2D eigenvalue weighted by Crippen LogP contribution is -1.98. The fourth-order valence-corrected chi connectivity index (χ4v) is 1.67. The van der Waals surface area contributed by atoms with E-state index < -0.39 is 0 Å². The zero-order chi connectivity index (χ0) is 11.5. The molecule has 0 aliphatic rings. The Morgan fingerprint density at radius 1 is 1.25 bits per heavy atom. The van der Waals surface area contributed by atoms with Crippen LogP contribution < -0.4 is 5.73 Å². The largest absolute Gasteiger partial charge is 0.443 e. The zero-order valence-corrected chi connectivity index (χ0v) is 9.60. The summed E-state index contributed by atoms with van der Waals surface area (Å²) >= 11 is 0. The van der Waals surface area contributed by atoms with Gasteiger partial charge in [0.25, 0.3) is 0 Å². The van der Waals surface area contributed by atoms with Crippen LogP contribution in [0.1, 0.15) is 31.0 Å². The summed E-state index contributed by atoms with van der Waals surface area (Å²) in [4.78, 5) is 4.08. The molecule has 0 aliphatic carbocycles. The third-order valence-corrected chi connectivity index (χ3v) is 2.67. The van der Waals surface area contributed by atoms with E-state index in [1.165, 1.54) is 12.0 Å². The minimum absolute atomic E-state index is 0.401. The standard InChI is InChI=1S/C13H16N2O/c1-9(2)10-3-5-11(6-4-10)13-12(7-14)15-8-16-13/h3-6,8-9H,7,14H2,1-2H3. The van der Waals surface area contributed by atoms with Gasteiger partial charge in [-0.25, -0.2) is 4.98 Å². The summed E-state index contributed by atoms with van der Waals surface area (Å²) in [5, 5.41) is 0. The molecule has 0 fully saturated rings. The highest BCUT2D eigenvalue weighted by molar-refractivity contribution is 5.60. The molecule has 0 spiro atoms. The van der Waals surface area contributed by atoms with Crippen molar-refractivity contribution in [1.82, 2.24) is 4.98 Å². The number of oxazole rings is 1. The lowest BCUT2D eigenvalue weighted by atomic mass is 10.0. The highest BCUT2D eigenvalue weighted by Crippen LogP contribution is 2.24. The Morgan fingerprint density at radius 2 is 1.94 bits per heavy atom. The van der Waals surface area contributed by atoms with Gasteiger partial charge < -0.3 is 10.2 Å². The molecule has 2 rings (SSSR count). The van der Waals surface area contributed by atoms with Gasteiger partial charge in [-0.05, 0) is 11.5 Å². The first kappa shape index (κ1) is 10.9. The van der Waals surface area contributed by atoms with Crippen molar-refractivity contribution in [3.05, 3.63) is 41.9 Å². The maximum Gasteiger partial charge on any atom is 0.181 e. The normalized spacial score (nSPS) is 11.0. The summed E-state index contributed by atoms with van der Waals surface area (Å²) in [6.45, 7) is 4.75. The molecule has 0 aliphatic heterocycles. The molecule has 0 saturated heterocycles. The SMILES string of the molecule is CC(C)c1ccc(-c2ocnc2CN)cc1. The molecule has 2 aromatic rings. The molecule has 0 saturated carbocycles. The van der Waals surface area contributed by atoms with Crippen LogP contribution in [0.25, 0.3) is 11.3 Å². The molecule has 1 aromatic carbocycles. The number of hydrogen-bond acceptors (Lipinski definition) is 3. The van der Waals surface area contributed by atoms with E-state index in [9.17, 15) is 0 Å². The molecule has 1 heterocycles. The van der Waals surface area contributed by atoms with E-state index in [0.29, 0.717) is 12.5 Å². The second-order valence-electron chi connectivity index (χ2n) is 4.11. The Hall–Kier alpha value is -1.61. The number of hydrogen-bond donors (Lipinski definition) is 1. The minimum atomic E-state index is 0.401. The topological polar surface area (TPSA) is 52.0 Å². The summed E-state index contributed by atoms with van der Waals surface area (Å²) in [5.74, 6) is 1.32. The minimum Gasteiger partial charge on any atom is -0.443 e. The van der Waals surface area contributed by atoms with Gasteiger partial charge in [0.2, 0.25) is 0 Å². The van der Waals surface area contributed by atoms with Crippen molar-refractivity contribution in [2.45, 2.75) is 26.3 Å². The van der Waals surface area contributed by atoms with Crippen molar-refractivity contribution in [3.63, 3.8) is 0 Å². The Labute approximate surface area is 95.3 Å². The van der Waals surface area contributed by atoms with Gasteiger partial charge in [-0.3, -0.25) is 0 Å². The highest BCUT2D eigenvalue weighted by Gasteiger charge is 2.09. The van der Waals surface area contributed by atoms with Crippen LogP contribution in [0, 0.1) is 0 Å². The second kappa shape index (κ2) is 4.49. The maximum atomic E-state index is 5.59. The first-order chi connectivity index (χ1) is 7.72. The van der Waals surface area contributed by atoms with E-state index >= 15 is 0 Å². The molecule has 3 heteroatoms. The average molecular weight is 216 g/mol. The molecule has 0 bridgehead atoms. The van der Waals surface area contributed by atoms with Crippen LogP contribution in [0.2, 0.25) is 0 Å². The monoisotopic (exact) mass is 216 g/mol. The van der Waals surface area contributed by atoms with Crippen LogP contribution >= 0.6 is 0 Å². The van der Waals surface area contributed by atoms with Gasteiger partial charge in [0.05, 0.1) is 0 Å². The van der Waals surface area contributed by atoms with Crippen molar-refractivity contribution >= 4 is 0 Å². The van der Waals surface area contributed by atoms with Crippen LogP contribution in [0.4, 0.5) is 0 Å². The number of benzene rings is 1. The van der Waals surface area contributed by atoms with E-state index in [4.69, 9.17) is 10.2 Å². The van der Waals surface area contributed by atoms with Crippen LogP contribution in [0.15, 0.2) is 35.1 Å². The quantitative estimate of drug-likeness (QED) is 0.858. The molecule has 0 unspecified atom stereocenters. The molecule has 0 atom stereocenters. The predicted molar refractivity (Wildman–Crippen MR) is 63.9 cm³/mol. The summed E-state index contributed by atoms with van der Waals surface area (Å²) in [5.41, 5.74) is 8.74. The van der Waals surface area contributed by atoms with E-state index in [1.807, 2.05) is 0 Å². The third-order valence-electron chi connectivity index (χ3n) is 2.67. The van der Waals surface area contributed by atoms with E-state index in [1.54, 1.807) is 0 Å². The Bertz CT molecular complexity index is 457. The van der Waals surface area contributed by atoms with E-state index in [-0.39, 0.29) is 0 Å². The molecular formula is C13H16N2O. The first-order valence-corrected chi connectivity index (χ1v) is 5.45. The molecule has 0 radical (unpaired) electrons. The molecule has 84 valence electrons. The van der Waals surface area contributed by atoms with Gasteiger partial charge in [-0.2, -0.15) is 0 Å². The molecule has 0 amide bonds. The second-order valence-corrected chi connectivity index (χ2v) is 4.11. The van der Waals surface area contributed by atoms with Crippen molar-refractivity contribution in [2.24, 2.45) is 5.73 Å². The van der Waals surface area contributed by atoms with Crippen LogP contribution in [-0.2, 0) is 6.54 Å². The number of nitrogens with zero attached hydrogens (tertiary/aromatic N) is 1. The lowest BCUT2D eigenvalue weighted by Gasteiger charge is -2.05. The number of nitrogens with two attached hydrogens (primary N) is 1. The molecule has 16 heavy (non-hydrogen) atoms. The third kappa shape index (κ3) is 1.99. The maximum absolute atomic E-state index is 5.59. The molecular weight excluding hydrogens is 200 g/mol. The van der Waals surface area contributed by atoms with Gasteiger partial charge in [-0.15, -0.1) is 0 Å². The molecule has 2 N–H and O–H groups in total. The van der Waals surface area contributed by atoms with Crippen molar-refractivity contribution in [2.75, 3.05) is 0 Å². The van der Waals surface area contributed by atoms with Crippen LogP contribution in [0.5, 0.6) is 0 Å². The summed E-state index contributed by atoms with van der Waals surface area (Å²) < 4.78 is 5.35. The lowest BCUT2D eigenvalue weighted by molar-refractivity contribution is 0.571. The highest BCUT2D eigenvalue weighted by atomic mass is 16.3. The van der Waals surface area contributed by atoms with Gasteiger partial charge in [-0.1, -0.05) is 38.1 Å². The van der Waals surface area contributed by atoms with Gasteiger partial charge in [0, 0.05) is 12.1 Å². The molecule has 3 nitrogen and oxygen atoms in total. The van der Waals surface area contributed by atoms with Crippen molar-refractivity contribution in [1.29, 1.82) is 0 Å². The zero-order valence-electron chi connectivity index (χ0n) is 9.60. The summed E-state index contributed by atoms with van der Waals surface area (Å²) in [7, 11) is 0. The van der Waals surface area contributed by atoms with E-state index in [2.05, 4.69) is 43.1 Å². The Kier molecular flexibility index (Phi) is 3.06. The van der Waals surface area contributed by atoms with Gasteiger partial charge in [0.15, 0.2) is 12.2 Å². The average Bonchev–Trinajstić information content (AvgIpc) is 2.77. The summed E-state index contributed by atoms with van der Waals surface area (Å²) in [6, 6.07) is 8.33. The number of rotatable bonds is 3. The van der Waals surface area contributed by atoms with Crippen LogP contribution in [-0.4, -0.2) is 4.98 Å². The predicted octanol–water partition coefficient (Wildman–Crippen LogP) is 2.92. The van der Waals surface area contributed by atoms with Crippen LogP contribution in [0.3, 0.4) is 0 Å². The Morgan fingerprint density at radius 3 is 2.50 bits per heavy atom. The fourth-order valence-electron chi connectivity index (χ4n) is 1.67.